The Hall–Kier alpha value is -1.59. The molecule has 1 aliphatic rings. The Labute approximate surface area is 125 Å². The molecule has 1 aromatic carbocycles. The molecule has 0 saturated carbocycles. The number of ether oxygens (including phenoxy) is 2. The zero-order valence-electron chi connectivity index (χ0n) is 12.8. The number of hydrogen-bond donors (Lipinski definition) is 1. The van der Waals surface area contributed by atoms with E-state index >= 15 is 0 Å². The van der Waals surface area contributed by atoms with Gasteiger partial charge in [-0.25, -0.2) is 0 Å². The number of rotatable bonds is 4. The number of benzene rings is 1. The van der Waals surface area contributed by atoms with Crippen LogP contribution in [0.2, 0.25) is 0 Å². The molecule has 1 N–H and O–H groups in total. The molecule has 21 heavy (non-hydrogen) atoms. The summed E-state index contributed by atoms with van der Waals surface area (Å²) in [4.78, 5) is 14.3. The minimum Gasteiger partial charge on any atom is -0.497 e. The van der Waals surface area contributed by atoms with Crippen molar-refractivity contribution in [3.8, 4) is 5.75 Å². The van der Waals surface area contributed by atoms with Crippen LogP contribution in [0.1, 0.15) is 19.4 Å². The van der Waals surface area contributed by atoms with Gasteiger partial charge in [0.05, 0.1) is 31.8 Å². The quantitative estimate of drug-likeness (QED) is 0.911. The van der Waals surface area contributed by atoms with E-state index in [4.69, 9.17) is 9.47 Å². The lowest BCUT2D eigenvalue weighted by Crippen LogP contribution is -2.48. The lowest BCUT2D eigenvalue weighted by Gasteiger charge is -2.35. The molecular weight excluding hydrogens is 270 g/mol. The van der Waals surface area contributed by atoms with Crippen LogP contribution in [-0.4, -0.2) is 49.3 Å². The molecule has 0 bridgehead atoms. The molecule has 0 radical (unpaired) electrons. The van der Waals surface area contributed by atoms with Crippen molar-refractivity contribution >= 4 is 5.91 Å². The van der Waals surface area contributed by atoms with E-state index in [1.165, 1.54) is 0 Å². The van der Waals surface area contributed by atoms with Crippen LogP contribution in [0.5, 0.6) is 5.75 Å². The van der Waals surface area contributed by atoms with Crippen molar-refractivity contribution in [1.29, 1.82) is 0 Å². The van der Waals surface area contributed by atoms with Crippen LogP contribution >= 0.6 is 0 Å². The molecule has 2 rings (SSSR count). The van der Waals surface area contributed by atoms with Crippen LogP contribution in [0.15, 0.2) is 24.3 Å². The van der Waals surface area contributed by atoms with Gasteiger partial charge >= 0.3 is 0 Å². The summed E-state index contributed by atoms with van der Waals surface area (Å²) in [5.74, 6) is 0.157. The number of carbonyl (C=O) groups is 1. The Morgan fingerprint density at radius 3 is 2.43 bits per heavy atom. The van der Waals surface area contributed by atoms with Crippen molar-refractivity contribution in [3.63, 3.8) is 0 Å². The largest absolute Gasteiger partial charge is 0.497 e. The van der Waals surface area contributed by atoms with E-state index < -0.39 is 11.5 Å². The summed E-state index contributed by atoms with van der Waals surface area (Å²) in [6, 6.07) is 7.16. The van der Waals surface area contributed by atoms with Gasteiger partial charge in [-0.15, -0.1) is 0 Å². The number of aliphatic hydroxyl groups is 1. The van der Waals surface area contributed by atoms with Crippen LogP contribution in [-0.2, 0) is 15.1 Å². The van der Waals surface area contributed by atoms with Crippen LogP contribution in [0.4, 0.5) is 0 Å². The van der Waals surface area contributed by atoms with Crippen molar-refractivity contribution in [3.05, 3.63) is 29.8 Å². The number of nitrogens with zero attached hydrogens (tertiary/aromatic N) is 1. The fourth-order valence-corrected chi connectivity index (χ4v) is 2.48. The fourth-order valence-electron chi connectivity index (χ4n) is 2.48. The normalized spacial score (nSPS) is 19.7. The molecule has 2 atom stereocenters. The SMILES string of the molecule is COc1ccc([C@](C)(O)[C@@H](C)C(=O)N2CCOCC2)cc1. The molecule has 0 aromatic heterocycles. The lowest BCUT2D eigenvalue weighted by atomic mass is 9.83. The Balaban J connectivity index is 2.14. The first kappa shape index (κ1) is 15.8. The van der Waals surface area contributed by atoms with Crippen molar-refractivity contribution in [1.82, 2.24) is 4.90 Å². The molecular formula is C16H23NO4. The second-order valence-electron chi connectivity index (χ2n) is 5.54. The van der Waals surface area contributed by atoms with Gasteiger partial charge in [-0.3, -0.25) is 4.79 Å². The number of hydrogen-bond acceptors (Lipinski definition) is 4. The molecule has 116 valence electrons. The van der Waals surface area contributed by atoms with Crippen LogP contribution in [0.3, 0.4) is 0 Å². The molecule has 1 amide bonds. The van der Waals surface area contributed by atoms with Crippen molar-refractivity contribution in [2.45, 2.75) is 19.4 Å². The number of methoxy groups -OCH3 is 1. The summed E-state index contributed by atoms with van der Waals surface area (Å²) in [6.07, 6.45) is 0. The zero-order chi connectivity index (χ0) is 15.5. The predicted molar refractivity (Wildman–Crippen MR) is 79.1 cm³/mol. The van der Waals surface area contributed by atoms with Crippen molar-refractivity contribution in [2.24, 2.45) is 5.92 Å². The summed E-state index contributed by atoms with van der Waals surface area (Å²) >= 11 is 0. The molecule has 1 heterocycles. The molecule has 1 saturated heterocycles. The Bertz CT molecular complexity index is 478. The Morgan fingerprint density at radius 1 is 1.33 bits per heavy atom. The first-order chi connectivity index (χ1) is 9.96. The Kier molecular flexibility index (Phi) is 4.85. The fraction of sp³-hybridized carbons (Fsp3) is 0.562. The zero-order valence-corrected chi connectivity index (χ0v) is 12.8. The van der Waals surface area contributed by atoms with E-state index in [9.17, 15) is 9.90 Å². The number of carbonyl (C=O) groups excluding carboxylic acids is 1. The molecule has 0 aliphatic carbocycles. The van der Waals surface area contributed by atoms with E-state index in [2.05, 4.69) is 0 Å². The molecule has 5 nitrogen and oxygen atoms in total. The molecule has 1 aromatic rings. The van der Waals surface area contributed by atoms with E-state index in [1.807, 2.05) is 0 Å². The molecule has 1 fully saturated rings. The molecule has 5 heteroatoms. The smallest absolute Gasteiger partial charge is 0.228 e. The maximum atomic E-state index is 12.5. The van der Waals surface area contributed by atoms with Gasteiger partial charge in [0.15, 0.2) is 0 Å². The van der Waals surface area contributed by atoms with Gasteiger partial charge in [0.1, 0.15) is 5.75 Å². The maximum Gasteiger partial charge on any atom is 0.228 e. The van der Waals surface area contributed by atoms with Crippen molar-refractivity contribution < 1.29 is 19.4 Å². The first-order valence-corrected chi connectivity index (χ1v) is 7.20. The number of morpholine rings is 1. The van der Waals surface area contributed by atoms with Crippen LogP contribution in [0, 0.1) is 5.92 Å². The van der Waals surface area contributed by atoms with Gasteiger partial charge < -0.3 is 19.5 Å². The van der Waals surface area contributed by atoms with Crippen LogP contribution < -0.4 is 4.74 Å². The predicted octanol–water partition coefficient (Wildman–Crippen LogP) is 1.40. The third-order valence-corrected chi connectivity index (χ3v) is 4.21. The minimum atomic E-state index is -1.22. The summed E-state index contributed by atoms with van der Waals surface area (Å²) < 4.78 is 10.4. The second-order valence-corrected chi connectivity index (χ2v) is 5.54. The van der Waals surface area contributed by atoms with Crippen molar-refractivity contribution in [2.75, 3.05) is 33.4 Å². The highest BCUT2D eigenvalue weighted by Crippen LogP contribution is 2.31. The third kappa shape index (κ3) is 3.36. The van der Waals surface area contributed by atoms with Gasteiger partial charge in [0.25, 0.3) is 0 Å². The average Bonchev–Trinajstić information content (AvgIpc) is 2.54. The molecule has 0 unspecified atom stereocenters. The Morgan fingerprint density at radius 2 is 1.90 bits per heavy atom. The maximum absolute atomic E-state index is 12.5. The van der Waals surface area contributed by atoms with Crippen LogP contribution in [0.25, 0.3) is 0 Å². The van der Waals surface area contributed by atoms with Gasteiger partial charge in [-0.2, -0.15) is 0 Å². The van der Waals surface area contributed by atoms with E-state index in [1.54, 1.807) is 50.1 Å². The standard InChI is InChI=1S/C16H23NO4/c1-12(15(18)17-8-10-21-11-9-17)16(2,19)13-4-6-14(20-3)7-5-13/h4-7,12,19H,8-11H2,1-3H3/t12-,16+/m0/s1. The summed E-state index contributed by atoms with van der Waals surface area (Å²) in [7, 11) is 1.59. The van der Waals surface area contributed by atoms with E-state index in [0.717, 1.165) is 5.75 Å². The summed E-state index contributed by atoms with van der Waals surface area (Å²) in [5.41, 5.74) is -0.515. The van der Waals surface area contributed by atoms with E-state index in [-0.39, 0.29) is 5.91 Å². The topological polar surface area (TPSA) is 59.0 Å². The monoisotopic (exact) mass is 293 g/mol. The van der Waals surface area contributed by atoms with E-state index in [0.29, 0.717) is 31.9 Å². The lowest BCUT2D eigenvalue weighted by molar-refractivity contribution is -0.148. The highest BCUT2D eigenvalue weighted by Gasteiger charge is 2.37. The molecule has 0 spiro atoms. The minimum absolute atomic E-state index is 0.0425. The highest BCUT2D eigenvalue weighted by molar-refractivity contribution is 5.80. The van der Waals surface area contributed by atoms with Gasteiger partial charge in [0, 0.05) is 13.1 Å². The van der Waals surface area contributed by atoms with Gasteiger partial charge in [-0.05, 0) is 24.6 Å². The van der Waals surface area contributed by atoms with Gasteiger partial charge in [-0.1, -0.05) is 19.1 Å². The third-order valence-electron chi connectivity index (χ3n) is 4.21. The molecule has 1 aliphatic heterocycles. The first-order valence-electron chi connectivity index (χ1n) is 7.20. The number of amides is 1. The summed E-state index contributed by atoms with van der Waals surface area (Å²) in [5, 5.41) is 10.8. The van der Waals surface area contributed by atoms with Gasteiger partial charge in [0.2, 0.25) is 5.91 Å². The average molecular weight is 293 g/mol. The highest BCUT2D eigenvalue weighted by atomic mass is 16.5. The second kappa shape index (κ2) is 6.45. The summed E-state index contributed by atoms with van der Waals surface area (Å²) in [6.45, 7) is 5.73.